The Balaban J connectivity index is 1.76. The van der Waals surface area contributed by atoms with Gasteiger partial charge < -0.3 is 14.5 Å². The Morgan fingerprint density at radius 3 is 2.88 bits per heavy atom. The lowest BCUT2D eigenvalue weighted by molar-refractivity contribution is 0.0993. The summed E-state index contributed by atoms with van der Waals surface area (Å²) >= 11 is 0. The van der Waals surface area contributed by atoms with E-state index in [0.717, 1.165) is 37.6 Å². The van der Waals surface area contributed by atoms with Gasteiger partial charge in [0.2, 0.25) is 0 Å². The van der Waals surface area contributed by atoms with Crippen LogP contribution in [0.3, 0.4) is 0 Å². The summed E-state index contributed by atoms with van der Waals surface area (Å²) in [5.74, 6) is 1.36. The van der Waals surface area contributed by atoms with E-state index < -0.39 is 0 Å². The molecule has 132 valence electrons. The number of carbonyl (C=O) groups is 1. The monoisotopic (exact) mass is 339 g/mol. The number of para-hydroxylation sites is 1. The Kier molecular flexibility index (Phi) is 5.66. The van der Waals surface area contributed by atoms with Gasteiger partial charge >= 0.3 is 0 Å². The molecule has 0 aliphatic carbocycles. The number of piperidine rings is 1. The number of hydrogen-bond acceptors (Lipinski definition) is 4. The van der Waals surface area contributed by atoms with Gasteiger partial charge in [0, 0.05) is 44.7 Å². The highest BCUT2D eigenvalue weighted by Gasteiger charge is 2.22. The second kappa shape index (κ2) is 8.12. The van der Waals surface area contributed by atoms with E-state index in [4.69, 9.17) is 4.74 Å². The number of anilines is 2. The van der Waals surface area contributed by atoms with Crippen LogP contribution in [0.1, 0.15) is 23.2 Å². The van der Waals surface area contributed by atoms with Gasteiger partial charge in [-0.1, -0.05) is 18.2 Å². The van der Waals surface area contributed by atoms with Crippen molar-refractivity contribution < 1.29 is 9.53 Å². The maximum absolute atomic E-state index is 12.8. The molecular formula is C20H25N3O2. The van der Waals surface area contributed by atoms with E-state index in [9.17, 15) is 4.79 Å². The molecule has 2 aromatic rings. The van der Waals surface area contributed by atoms with Gasteiger partial charge in [-0.15, -0.1) is 0 Å². The second-order valence-electron chi connectivity index (χ2n) is 6.51. The minimum Gasteiger partial charge on any atom is -0.384 e. The summed E-state index contributed by atoms with van der Waals surface area (Å²) in [6, 6.07) is 13.3. The van der Waals surface area contributed by atoms with Crippen molar-refractivity contribution in [3.05, 3.63) is 54.2 Å². The van der Waals surface area contributed by atoms with Gasteiger partial charge in [0.25, 0.3) is 5.91 Å². The van der Waals surface area contributed by atoms with Crippen LogP contribution in [-0.2, 0) is 4.74 Å². The third-order valence-electron chi connectivity index (χ3n) is 4.69. The van der Waals surface area contributed by atoms with Crippen molar-refractivity contribution in [3.8, 4) is 0 Å². The van der Waals surface area contributed by atoms with Gasteiger partial charge in [0.15, 0.2) is 0 Å². The molecule has 5 heteroatoms. The third kappa shape index (κ3) is 4.17. The largest absolute Gasteiger partial charge is 0.384 e. The summed E-state index contributed by atoms with van der Waals surface area (Å²) in [5, 5.41) is 0. The molecule has 1 fully saturated rings. The van der Waals surface area contributed by atoms with Crippen LogP contribution < -0.4 is 9.80 Å². The van der Waals surface area contributed by atoms with E-state index in [1.807, 2.05) is 36.4 Å². The van der Waals surface area contributed by atoms with Crippen molar-refractivity contribution in [2.45, 2.75) is 12.8 Å². The van der Waals surface area contributed by atoms with Crippen molar-refractivity contribution in [1.82, 2.24) is 4.98 Å². The Morgan fingerprint density at radius 1 is 1.32 bits per heavy atom. The number of rotatable bonds is 5. The Morgan fingerprint density at radius 2 is 2.12 bits per heavy atom. The fourth-order valence-corrected chi connectivity index (χ4v) is 3.33. The maximum Gasteiger partial charge on any atom is 0.258 e. The fraction of sp³-hybridized carbons (Fsp3) is 0.400. The average Bonchev–Trinajstić information content (AvgIpc) is 2.68. The summed E-state index contributed by atoms with van der Waals surface area (Å²) in [7, 11) is 3.54. The van der Waals surface area contributed by atoms with Crippen molar-refractivity contribution in [3.63, 3.8) is 0 Å². The summed E-state index contributed by atoms with van der Waals surface area (Å²) < 4.78 is 5.30. The van der Waals surface area contributed by atoms with Gasteiger partial charge in [0.05, 0.1) is 6.61 Å². The Labute approximate surface area is 149 Å². The Hall–Kier alpha value is -2.40. The number of pyridine rings is 1. The van der Waals surface area contributed by atoms with Gasteiger partial charge in [-0.25, -0.2) is 4.98 Å². The van der Waals surface area contributed by atoms with Crippen LogP contribution in [0.4, 0.5) is 11.5 Å². The van der Waals surface area contributed by atoms with Gasteiger partial charge in [-0.3, -0.25) is 4.79 Å². The molecule has 2 heterocycles. The first-order chi connectivity index (χ1) is 12.2. The molecule has 1 aromatic heterocycles. The summed E-state index contributed by atoms with van der Waals surface area (Å²) in [5.41, 5.74) is 1.54. The Bertz CT molecular complexity index is 703. The molecule has 0 radical (unpaired) electrons. The number of nitrogens with zero attached hydrogens (tertiary/aromatic N) is 3. The minimum absolute atomic E-state index is 0.0275. The highest BCUT2D eigenvalue weighted by Crippen LogP contribution is 2.23. The molecule has 1 atom stereocenters. The van der Waals surface area contributed by atoms with Crippen LogP contribution in [0.25, 0.3) is 0 Å². The SMILES string of the molecule is COC[C@H]1CCCN(c2cc(C(=O)N(C)c3ccccc3)ccn2)C1. The number of carbonyl (C=O) groups excluding carboxylic acids is 1. The molecule has 1 saturated heterocycles. The summed E-state index contributed by atoms with van der Waals surface area (Å²) in [4.78, 5) is 21.2. The van der Waals surface area contributed by atoms with Crippen LogP contribution in [0.15, 0.2) is 48.7 Å². The van der Waals surface area contributed by atoms with E-state index in [-0.39, 0.29) is 5.91 Å². The highest BCUT2D eigenvalue weighted by atomic mass is 16.5. The lowest BCUT2D eigenvalue weighted by atomic mass is 9.99. The number of aromatic nitrogens is 1. The zero-order chi connectivity index (χ0) is 17.6. The number of benzene rings is 1. The van der Waals surface area contributed by atoms with E-state index in [0.29, 0.717) is 11.5 Å². The van der Waals surface area contributed by atoms with E-state index in [1.165, 1.54) is 6.42 Å². The molecule has 1 aromatic carbocycles. The first kappa shape index (κ1) is 17.4. The first-order valence-electron chi connectivity index (χ1n) is 8.72. The van der Waals surface area contributed by atoms with Gasteiger partial charge in [-0.2, -0.15) is 0 Å². The van der Waals surface area contributed by atoms with Crippen molar-refractivity contribution in [1.29, 1.82) is 0 Å². The summed E-state index contributed by atoms with van der Waals surface area (Å²) in [6.45, 7) is 2.66. The normalized spacial score (nSPS) is 17.4. The van der Waals surface area contributed by atoms with Crippen LogP contribution in [-0.4, -0.2) is 44.7 Å². The molecule has 5 nitrogen and oxygen atoms in total. The van der Waals surface area contributed by atoms with Gasteiger partial charge in [0.1, 0.15) is 5.82 Å². The number of amides is 1. The van der Waals surface area contributed by atoms with Crippen LogP contribution in [0.2, 0.25) is 0 Å². The number of methoxy groups -OCH3 is 1. The number of ether oxygens (including phenoxy) is 1. The standard InChI is InChI=1S/C20H25N3O2/c1-22(18-8-4-3-5-9-18)20(24)17-10-11-21-19(13-17)23-12-6-7-16(14-23)15-25-2/h3-5,8-11,13,16H,6-7,12,14-15H2,1-2H3/t16-/m0/s1. The number of hydrogen-bond donors (Lipinski definition) is 0. The minimum atomic E-state index is -0.0275. The summed E-state index contributed by atoms with van der Waals surface area (Å²) in [6.07, 6.45) is 4.03. The third-order valence-corrected chi connectivity index (χ3v) is 4.69. The van der Waals surface area contributed by atoms with Crippen LogP contribution in [0.5, 0.6) is 0 Å². The fourth-order valence-electron chi connectivity index (χ4n) is 3.33. The smallest absolute Gasteiger partial charge is 0.258 e. The van der Waals surface area contributed by atoms with Crippen LogP contribution in [0, 0.1) is 5.92 Å². The molecule has 0 unspecified atom stereocenters. The van der Waals surface area contributed by atoms with Crippen molar-refractivity contribution >= 4 is 17.4 Å². The second-order valence-corrected chi connectivity index (χ2v) is 6.51. The quantitative estimate of drug-likeness (QED) is 0.839. The maximum atomic E-state index is 12.8. The topological polar surface area (TPSA) is 45.7 Å². The van der Waals surface area contributed by atoms with E-state index in [2.05, 4.69) is 9.88 Å². The molecule has 0 N–H and O–H groups in total. The molecule has 1 amide bonds. The average molecular weight is 339 g/mol. The first-order valence-corrected chi connectivity index (χ1v) is 8.72. The van der Waals surface area contributed by atoms with E-state index >= 15 is 0 Å². The van der Waals surface area contributed by atoms with Crippen molar-refractivity contribution in [2.75, 3.05) is 43.7 Å². The van der Waals surface area contributed by atoms with Gasteiger partial charge in [-0.05, 0) is 43.0 Å². The predicted octanol–water partition coefficient (Wildman–Crippen LogP) is 3.22. The predicted molar refractivity (Wildman–Crippen MR) is 100 cm³/mol. The zero-order valence-corrected chi connectivity index (χ0v) is 14.9. The molecule has 0 saturated carbocycles. The molecule has 1 aliphatic rings. The zero-order valence-electron chi connectivity index (χ0n) is 14.9. The molecular weight excluding hydrogens is 314 g/mol. The molecule has 25 heavy (non-hydrogen) atoms. The van der Waals surface area contributed by atoms with Crippen LogP contribution >= 0.6 is 0 Å². The molecule has 0 spiro atoms. The lowest BCUT2D eigenvalue weighted by Crippen LogP contribution is -2.37. The lowest BCUT2D eigenvalue weighted by Gasteiger charge is -2.33. The molecule has 1 aliphatic heterocycles. The highest BCUT2D eigenvalue weighted by molar-refractivity contribution is 6.06. The molecule has 0 bridgehead atoms. The van der Waals surface area contributed by atoms with Crippen molar-refractivity contribution in [2.24, 2.45) is 5.92 Å². The molecule has 3 rings (SSSR count). The van der Waals surface area contributed by atoms with E-state index in [1.54, 1.807) is 31.3 Å².